The van der Waals surface area contributed by atoms with E-state index in [-0.39, 0.29) is 12.4 Å². The Balaban J connectivity index is 2.19. The van der Waals surface area contributed by atoms with E-state index in [2.05, 4.69) is 9.84 Å². The Morgan fingerprint density at radius 1 is 1.24 bits per heavy atom. The first-order chi connectivity index (χ1) is 8.16. The molecule has 0 radical (unpaired) electrons. The summed E-state index contributed by atoms with van der Waals surface area (Å²) in [7, 11) is 0. The van der Waals surface area contributed by atoms with Crippen LogP contribution in [0.2, 0.25) is 0 Å². The minimum atomic E-state index is -2.92. The van der Waals surface area contributed by atoms with E-state index in [4.69, 9.17) is 0 Å². The molecule has 0 unspecified atom stereocenters. The van der Waals surface area contributed by atoms with Crippen LogP contribution in [-0.2, 0) is 6.54 Å². The van der Waals surface area contributed by atoms with Crippen LogP contribution >= 0.6 is 0 Å². The summed E-state index contributed by atoms with van der Waals surface area (Å²) in [5.74, 6) is -0.505. The van der Waals surface area contributed by atoms with Crippen LogP contribution in [0.5, 0.6) is 5.88 Å². The number of halogens is 3. The molecule has 1 aromatic heterocycles. The molecule has 0 aliphatic carbocycles. The summed E-state index contributed by atoms with van der Waals surface area (Å²) in [6.45, 7) is -2.88. The molecule has 1 heterocycles. The van der Waals surface area contributed by atoms with Crippen LogP contribution in [0.15, 0.2) is 36.5 Å². The fourth-order valence-electron chi connectivity index (χ4n) is 1.42. The van der Waals surface area contributed by atoms with Gasteiger partial charge in [0, 0.05) is 11.6 Å². The normalized spacial score (nSPS) is 10.8. The number of benzene rings is 1. The van der Waals surface area contributed by atoms with Gasteiger partial charge >= 0.3 is 6.61 Å². The van der Waals surface area contributed by atoms with E-state index in [1.54, 1.807) is 18.2 Å². The quantitative estimate of drug-likeness (QED) is 0.824. The van der Waals surface area contributed by atoms with E-state index in [9.17, 15) is 13.2 Å². The molecule has 0 saturated heterocycles. The summed E-state index contributed by atoms with van der Waals surface area (Å²) >= 11 is 0. The van der Waals surface area contributed by atoms with Crippen molar-refractivity contribution in [1.82, 2.24) is 9.78 Å². The summed E-state index contributed by atoms with van der Waals surface area (Å²) in [4.78, 5) is 0. The van der Waals surface area contributed by atoms with Crippen molar-refractivity contribution in [3.63, 3.8) is 0 Å². The molecule has 17 heavy (non-hydrogen) atoms. The summed E-state index contributed by atoms with van der Waals surface area (Å²) in [5.41, 5.74) is 0.357. The third-order valence-corrected chi connectivity index (χ3v) is 2.17. The van der Waals surface area contributed by atoms with Crippen molar-refractivity contribution in [3.05, 3.63) is 47.9 Å². The number of hydrogen-bond acceptors (Lipinski definition) is 2. The molecule has 0 bridgehead atoms. The van der Waals surface area contributed by atoms with Crippen molar-refractivity contribution in [3.8, 4) is 5.88 Å². The first kappa shape index (κ1) is 11.5. The summed E-state index contributed by atoms with van der Waals surface area (Å²) in [6.07, 6.45) is 1.32. The Kier molecular flexibility index (Phi) is 3.32. The van der Waals surface area contributed by atoms with Crippen LogP contribution < -0.4 is 4.74 Å². The van der Waals surface area contributed by atoms with Crippen LogP contribution in [0.3, 0.4) is 0 Å². The van der Waals surface area contributed by atoms with Gasteiger partial charge in [0.15, 0.2) is 0 Å². The predicted molar refractivity (Wildman–Crippen MR) is 54.4 cm³/mol. The summed E-state index contributed by atoms with van der Waals surface area (Å²) in [5, 5.41) is 3.80. The number of ether oxygens (including phenoxy) is 1. The molecular weight excluding hydrogens is 233 g/mol. The summed E-state index contributed by atoms with van der Waals surface area (Å²) < 4.78 is 42.9. The van der Waals surface area contributed by atoms with Gasteiger partial charge in [0.2, 0.25) is 5.88 Å². The van der Waals surface area contributed by atoms with Gasteiger partial charge in [-0.25, -0.2) is 9.07 Å². The van der Waals surface area contributed by atoms with Gasteiger partial charge in [-0.3, -0.25) is 0 Å². The van der Waals surface area contributed by atoms with Crippen LogP contribution in [0, 0.1) is 5.82 Å². The van der Waals surface area contributed by atoms with Gasteiger partial charge in [-0.05, 0) is 6.07 Å². The largest absolute Gasteiger partial charge is 0.417 e. The molecule has 90 valence electrons. The molecule has 0 spiro atoms. The maximum atomic E-state index is 13.3. The van der Waals surface area contributed by atoms with Crippen LogP contribution in [0.4, 0.5) is 13.2 Å². The molecule has 2 rings (SSSR count). The topological polar surface area (TPSA) is 27.1 Å². The fraction of sp³-hybridized carbons (Fsp3) is 0.182. The molecule has 0 N–H and O–H groups in total. The Morgan fingerprint density at radius 2 is 2.00 bits per heavy atom. The maximum Gasteiger partial charge on any atom is 0.388 e. The zero-order valence-corrected chi connectivity index (χ0v) is 8.69. The highest BCUT2D eigenvalue weighted by Gasteiger charge is 2.11. The minimum absolute atomic E-state index is 0.0434. The number of rotatable bonds is 4. The van der Waals surface area contributed by atoms with E-state index in [1.165, 1.54) is 23.0 Å². The predicted octanol–water partition coefficient (Wildman–Crippen LogP) is 2.67. The zero-order chi connectivity index (χ0) is 12.3. The number of alkyl halides is 2. The zero-order valence-electron chi connectivity index (χ0n) is 8.69. The Morgan fingerprint density at radius 3 is 2.71 bits per heavy atom. The molecule has 0 atom stereocenters. The van der Waals surface area contributed by atoms with Gasteiger partial charge in [0.25, 0.3) is 0 Å². The highest BCUT2D eigenvalue weighted by molar-refractivity contribution is 5.19. The Hall–Kier alpha value is -1.98. The molecule has 2 aromatic rings. The lowest BCUT2D eigenvalue weighted by atomic mass is 10.2. The second kappa shape index (κ2) is 4.90. The highest BCUT2D eigenvalue weighted by atomic mass is 19.3. The molecule has 6 heteroatoms. The lowest BCUT2D eigenvalue weighted by Gasteiger charge is -2.08. The second-order valence-electron chi connectivity index (χ2n) is 3.30. The van der Waals surface area contributed by atoms with E-state index in [0.717, 1.165) is 0 Å². The van der Waals surface area contributed by atoms with Gasteiger partial charge in [-0.2, -0.15) is 13.9 Å². The van der Waals surface area contributed by atoms with Crippen molar-refractivity contribution in [2.45, 2.75) is 13.2 Å². The van der Waals surface area contributed by atoms with Crippen molar-refractivity contribution in [2.75, 3.05) is 0 Å². The molecule has 3 nitrogen and oxygen atoms in total. The maximum absolute atomic E-state index is 13.3. The first-order valence-corrected chi connectivity index (χ1v) is 4.87. The van der Waals surface area contributed by atoms with Gasteiger partial charge in [-0.15, -0.1) is 0 Å². The third-order valence-electron chi connectivity index (χ3n) is 2.17. The first-order valence-electron chi connectivity index (χ1n) is 4.87. The molecule has 0 fully saturated rings. The smallest absolute Gasteiger partial charge is 0.388 e. The van der Waals surface area contributed by atoms with Gasteiger partial charge < -0.3 is 4.74 Å². The average molecular weight is 242 g/mol. The monoisotopic (exact) mass is 242 g/mol. The lowest BCUT2D eigenvalue weighted by molar-refractivity contribution is -0.0556. The fourth-order valence-corrected chi connectivity index (χ4v) is 1.42. The number of hydrogen-bond donors (Lipinski definition) is 0. The van der Waals surface area contributed by atoms with E-state index >= 15 is 0 Å². The molecule has 1 aromatic carbocycles. The molecule has 0 aliphatic heterocycles. The van der Waals surface area contributed by atoms with Crippen molar-refractivity contribution in [2.24, 2.45) is 0 Å². The molecule has 0 saturated carbocycles. The Bertz CT molecular complexity index is 499. The van der Waals surface area contributed by atoms with Crippen molar-refractivity contribution in [1.29, 1.82) is 0 Å². The van der Waals surface area contributed by atoms with Crippen LogP contribution in [0.25, 0.3) is 0 Å². The van der Waals surface area contributed by atoms with E-state index in [1.807, 2.05) is 0 Å². The Labute approximate surface area is 95.4 Å². The highest BCUT2D eigenvalue weighted by Crippen LogP contribution is 2.16. The number of nitrogens with zero attached hydrogens (tertiary/aromatic N) is 2. The third kappa shape index (κ3) is 2.77. The number of aromatic nitrogens is 2. The lowest BCUT2D eigenvalue weighted by Crippen LogP contribution is -2.10. The van der Waals surface area contributed by atoms with Crippen LogP contribution in [0.1, 0.15) is 5.56 Å². The van der Waals surface area contributed by atoms with Crippen molar-refractivity contribution >= 4 is 0 Å². The van der Waals surface area contributed by atoms with Crippen molar-refractivity contribution < 1.29 is 17.9 Å². The van der Waals surface area contributed by atoms with E-state index < -0.39 is 12.4 Å². The SMILES string of the molecule is Fc1ccccc1Cn1nccc1OC(F)F. The molecule has 0 amide bonds. The van der Waals surface area contributed by atoms with Gasteiger partial charge in [0.1, 0.15) is 5.82 Å². The molecule has 0 aliphatic rings. The van der Waals surface area contributed by atoms with Crippen LogP contribution in [-0.4, -0.2) is 16.4 Å². The van der Waals surface area contributed by atoms with Gasteiger partial charge in [0.05, 0.1) is 12.7 Å². The average Bonchev–Trinajstić information content (AvgIpc) is 2.68. The second-order valence-corrected chi connectivity index (χ2v) is 3.30. The molecular formula is C11H9F3N2O. The van der Waals surface area contributed by atoms with Gasteiger partial charge in [-0.1, -0.05) is 18.2 Å². The minimum Gasteiger partial charge on any atom is -0.417 e. The summed E-state index contributed by atoms with van der Waals surface area (Å²) in [6, 6.07) is 7.37. The standard InChI is InChI=1S/C11H9F3N2O/c12-9-4-2-1-3-8(9)7-16-10(5-6-15-16)17-11(13)14/h1-6,11H,7H2. The van der Waals surface area contributed by atoms with E-state index in [0.29, 0.717) is 5.56 Å².